The lowest BCUT2D eigenvalue weighted by atomic mass is 9.92. The third-order valence-electron chi connectivity index (χ3n) is 3.38. The van der Waals surface area contributed by atoms with Gasteiger partial charge in [0.2, 0.25) is 5.91 Å². The molecule has 5 heteroatoms. The average molecular weight is 327 g/mol. The third-order valence-corrected chi connectivity index (χ3v) is 3.84. The van der Waals surface area contributed by atoms with Gasteiger partial charge in [-0.05, 0) is 30.0 Å². The summed E-state index contributed by atoms with van der Waals surface area (Å²) in [6, 6.07) is 3.94. The molecule has 0 saturated carbocycles. The summed E-state index contributed by atoms with van der Waals surface area (Å²) >= 11 is 3.51. The van der Waals surface area contributed by atoms with E-state index in [0.717, 1.165) is 28.6 Å². The second kappa shape index (κ2) is 5.92. The molecule has 19 heavy (non-hydrogen) atoms. The molecule has 2 unspecified atom stereocenters. The Labute approximate surface area is 121 Å². The Bertz CT molecular complexity index is 491. The van der Waals surface area contributed by atoms with E-state index in [1.165, 1.54) is 5.56 Å². The number of rotatable bonds is 5. The van der Waals surface area contributed by atoms with E-state index in [-0.39, 0.29) is 17.9 Å². The van der Waals surface area contributed by atoms with Crippen molar-refractivity contribution in [3.8, 4) is 5.75 Å². The molecular formula is C14H19BrN2O2. The van der Waals surface area contributed by atoms with Crippen LogP contribution in [0.3, 0.4) is 0 Å². The van der Waals surface area contributed by atoms with Gasteiger partial charge in [0.05, 0.1) is 6.61 Å². The minimum Gasteiger partial charge on any atom is -0.493 e. The van der Waals surface area contributed by atoms with Crippen LogP contribution < -0.4 is 16.2 Å². The van der Waals surface area contributed by atoms with Crippen LogP contribution in [0.2, 0.25) is 0 Å². The monoisotopic (exact) mass is 326 g/mol. The van der Waals surface area contributed by atoms with Crippen molar-refractivity contribution in [1.29, 1.82) is 0 Å². The number of halogens is 1. The Morgan fingerprint density at radius 3 is 2.95 bits per heavy atom. The Kier molecular flexibility index (Phi) is 4.47. The van der Waals surface area contributed by atoms with Gasteiger partial charge in [-0.3, -0.25) is 4.79 Å². The van der Waals surface area contributed by atoms with Gasteiger partial charge in [0.15, 0.2) is 0 Å². The number of fused-ring (bicyclic) bond motifs is 1. The van der Waals surface area contributed by atoms with E-state index >= 15 is 0 Å². The largest absolute Gasteiger partial charge is 0.493 e. The molecule has 0 aliphatic carbocycles. The lowest BCUT2D eigenvalue weighted by molar-refractivity contribution is -0.118. The molecule has 104 valence electrons. The lowest BCUT2D eigenvalue weighted by Crippen LogP contribution is -2.20. The van der Waals surface area contributed by atoms with E-state index < -0.39 is 0 Å². The van der Waals surface area contributed by atoms with Crippen molar-refractivity contribution >= 4 is 21.8 Å². The summed E-state index contributed by atoms with van der Waals surface area (Å²) in [6.45, 7) is 2.70. The predicted octanol–water partition coefficient (Wildman–Crippen LogP) is 2.29. The first-order chi connectivity index (χ1) is 8.97. The zero-order valence-electron chi connectivity index (χ0n) is 11.0. The lowest BCUT2D eigenvalue weighted by Gasteiger charge is -2.19. The number of benzene rings is 1. The normalized spacial score (nSPS) is 16.6. The van der Waals surface area contributed by atoms with Crippen LogP contribution in [0.5, 0.6) is 5.75 Å². The van der Waals surface area contributed by atoms with E-state index in [4.69, 9.17) is 16.2 Å². The van der Waals surface area contributed by atoms with Gasteiger partial charge in [-0.2, -0.15) is 0 Å². The molecule has 2 rings (SSSR count). The van der Waals surface area contributed by atoms with Crippen molar-refractivity contribution in [2.45, 2.75) is 32.2 Å². The first kappa shape index (κ1) is 14.3. The van der Waals surface area contributed by atoms with Gasteiger partial charge in [0, 0.05) is 28.9 Å². The molecule has 1 aromatic carbocycles. The molecule has 1 amide bonds. The predicted molar refractivity (Wildman–Crippen MR) is 77.9 cm³/mol. The second-order valence-electron chi connectivity index (χ2n) is 5.20. The summed E-state index contributed by atoms with van der Waals surface area (Å²) in [4.78, 5) is 10.9. The molecule has 4 nitrogen and oxygen atoms in total. The van der Waals surface area contributed by atoms with Gasteiger partial charge in [0.25, 0.3) is 0 Å². The summed E-state index contributed by atoms with van der Waals surface area (Å²) in [7, 11) is 0. The van der Waals surface area contributed by atoms with E-state index in [2.05, 4.69) is 22.0 Å². The van der Waals surface area contributed by atoms with Gasteiger partial charge in [-0.25, -0.2) is 0 Å². The summed E-state index contributed by atoms with van der Waals surface area (Å²) in [5.74, 6) is 0.806. The van der Waals surface area contributed by atoms with Crippen molar-refractivity contribution in [2.75, 3.05) is 6.61 Å². The van der Waals surface area contributed by atoms with Crippen molar-refractivity contribution in [3.05, 3.63) is 27.7 Å². The van der Waals surface area contributed by atoms with Crippen molar-refractivity contribution < 1.29 is 9.53 Å². The zero-order valence-corrected chi connectivity index (χ0v) is 12.6. The molecule has 1 aliphatic rings. The highest BCUT2D eigenvalue weighted by molar-refractivity contribution is 9.10. The van der Waals surface area contributed by atoms with Crippen LogP contribution in [0.15, 0.2) is 16.6 Å². The maximum Gasteiger partial charge on any atom is 0.217 e. The Morgan fingerprint density at radius 2 is 2.26 bits per heavy atom. The van der Waals surface area contributed by atoms with E-state index in [1.54, 1.807) is 0 Å². The van der Waals surface area contributed by atoms with Crippen molar-refractivity contribution in [3.63, 3.8) is 0 Å². The Balaban J connectivity index is 2.15. The summed E-state index contributed by atoms with van der Waals surface area (Å²) in [5.41, 5.74) is 13.7. The number of amides is 1. The zero-order chi connectivity index (χ0) is 14.0. The fourth-order valence-corrected chi connectivity index (χ4v) is 3.08. The summed E-state index contributed by atoms with van der Waals surface area (Å²) in [6.07, 6.45) is 2.01. The highest BCUT2D eigenvalue weighted by Crippen LogP contribution is 2.37. The molecule has 0 fully saturated rings. The molecule has 0 radical (unpaired) electrons. The molecule has 1 aliphatic heterocycles. The first-order valence-corrected chi connectivity index (χ1v) is 7.25. The van der Waals surface area contributed by atoms with Crippen molar-refractivity contribution in [1.82, 2.24) is 0 Å². The third kappa shape index (κ3) is 3.48. The minimum absolute atomic E-state index is 0.140. The van der Waals surface area contributed by atoms with Gasteiger partial charge in [-0.1, -0.05) is 22.9 Å². The van der Waals surface area contributed by atoms with Crippen LogP contribution in [-0.4, -0.2) is 12.5 Å². The maximum absolute atomic E-state index is 10.9. The quantitative estimate of drug-likeness (QED) is 0.871. The van der Waals surface area contributed by atoms with Gasteiger partial charge in [-0.15, -0.1) is 0 Å². The van der Waals surface area contributed by atoms with Gasteiger partial charge < -0.3 is 16.2 Å². The Hall–Kier alpha value is -1.07. The Morgan fingerprint density at radius 1 is 1.53 bits per heavy atom. The minimum atomic E-state index is -0.282. The molecular weight excluding hydrogens is 308 g/mol. The van der Waals surface area contributed by atoms with E-state index in [0.29, 0.717) is 13.0 Å². The summed E-state index contributed by atoms with van der Waals surface area (Å²) < 4.78 is 6.69. The second-order valence-corrected chi connectivity index (χ2v) is 6.12. The fourth-order valence-electron chi connectivity index (χ4n) is 2.56. The van der Waals surface area contributed by atoms with Crippen LogP contribution in [0, 0.1) is 5.92 Å². The number of carbonyl (C=O) groups excluding carboxylic acids is 1. The van der Waals surface area contributed by atoms with E-state index in [1.807, 2.05) is 13.0 Å². The first-order valence-electron chi connectivity index (χ1n) is 6.46. The molecule has 0 aromatic heterocycles. The molecule has 1 aromatic rings. The highest BCUT2D eigenvalue weighted by Gasteiger charge is 2.22. The topological polar surface area (TPSA) is 78.3 Å². The number of carbonyl (C=O) groups is 1. The van der Waals surface area contributed by atoms with E-state index in [9.17, 15) is 4.79 Å². The molecule has 0 bridgehead atoms. The number of hydrogen-bond donors (Lipinski definition) is 2. The number of primary amides is 1. The molecule has 4 N–H and O–H groups in total. The van der Waals surface area contributed by atoms with Crippen LogP contribution >= 0.6 is 15.9 Å². The van der Waals surface area contributed by atoms with Crippen molar-refractivity contribution in [2.24, 2.45) is 17.4 Å². The van der Waals surface area contributed by atoms with Crippen LogP contribution in [0.1, 0.15) is 36.9 Å². The number of ether oxygens (including phenoxy) is 1. The number of hydrogen-bond acceptors (Lipinski definition) is 3. The van der Waals surface area contributed by atoms with Crippen LogP contribution in [-0.2, 0) is 11.2 Å². The molecule has 0 spiro atoms. The molecule has 1 heterocycles. The van der Waals surface area contributed by atoms with Crippen LogP contribution in [0.25, 0.3) is 0 Å². The van der Waals surface area contributed by atoms with Gasteiger partial charge >= 0.3 is 0 Å². The van der Waals surface area contributed by atoms with Crippen LogP contribution in [0.4, 0.5) is 0 Å². The fraction of sp³-hybridized carbons (Fsp3) is 0.500. The highest BCUT2D eigenvalue weighted by atomic mass is 79.9. The smallest absolute Gasteiger partial charge is 0.217 e. The number of nitrogens with two attached hydrogens (primary N) is 2. The molecule has 2 atom stereocenters. The SMILES string of the molecule is CC(CC(N)=O)CC(N)c1cc(Br)cc2c1OCC2. The maximum atomic E-state index is 10.9. The van der Waals surface area contributed by atoms with Gasteiger partial charge in [0.1, 0.15) is 5.75 Å². The standard InChI is InChI=1S/C14H19BrN2O2/c1-8(5-13(17)18)4-12(16)11-7-10(15)6-9-2-3-19-14(9)11/h6-8,12H,2-5,16H2,1H3,(H2,17,18). The molecule has 0 saturated heterocycles. The average Bonchev–Trinajstić information content (AvgIpc) is 2.73. The summed E-state index contributed by atoms with van der Waals surface area (Å²) in [5, 5.41) is 0.